The number of nitrogens with zero attached hydrogens (tertiary/aromatic N) is 3. The Morgan fingerprint density at radius 3 is 2.31 bits per heavy atom. The SMILES string of the molecule is CCN1CCN(c2cc3c(cc2F)c(=O)c(C(=O)O)cn3C2(C(=O)O)CC2)CC1. The molecule has 2 fully saturated rings. The summed E-state index contributed by atoms with van der Waals surface area (Å²) in [6.07, 6.45) is 1.73. The van der Waals surface area contributed by atoms with Gasteiger partial charge in [0.25, 0.3) is 0 Å². The number of carboxylic acid groups (broad SMARTS) is 2. The number of halogens is 1. The van der Waals surface area contributed by atoms with Gasteiger partial charge < -0.3 is 24.6 Å². The van der Waals surface area contributed by atoms with Gasteiger partial charge in [0.1, 0.15) is 16.9 Å². The van der Waals surface area contributed by atoms with Crippen LogP contribution in [0.3, 0.4) is 0 Å². The first kappa shape index (κ1) is 19.4. The molecule has 1 aliphatic heterocycles. The molecule has 1 aliphatic carbocycles. The van der Waals surface area contributed by atoms with Crippen molar-refractivity contribution in [2.75, 3.05) is 37.6 Å². The van der Waals surface area contributed by atoms with Gasteiger partial charge in [-0.3, -0.25) is 4.79 Å². The summed E-state index contributed by atoms with van der Waals surface area (Å²) < 4.78 is 16.3. The van der Waals surface area contributed by atoms with E-state index in [1.165, 1.54) is 10.6 Å². The Kier molecular flexibility index (Phi) is 4.57. The molecule has 0 amide bonds. The summed E-state index contributed by atoms with van der Waals surface area (Å²) in [5, 5.41) is 19.0. The average Bonchev–Trinajstić information content (AvgIpc) is 3.50. The van der Waals surface area contributed by atoms with Crippen LogP contribution in [0.2, 0.25) is 0 Å². The van der Waals surface area contributed by atoms with E-state index in [4.69, 9.17) is 0 Å². The van der Waals surface area contributed by atoms with Crippen molar-refractivity contribution in [1.82, 2.24) is 9.47 Å². The summed E-state index contributed by atoms with van der Waals surface area (Å²) in [7, 11) is 0. The van der Waals surface area contributed by atoms with E-state index in [2.05, 4.69) is 11.8 Å². The number of carbonyl (C=O) groups is 2. The molecule has 8 nitrogen and oxygen atoms in total. The van der Waals surface area contributed by atoms with Crippen LogP contribution in [0.1, 0.15) is 30.1 Å². The lowest BCUT2D eigenvalue weighted by molar-refractivity contribution is -0.142. The van der Waals surface area contributed by atoms with E-state index in [1.807, 2.05) is 4.90 Å². The molecule has 0 spiro atoms. The third-order valence-corrected chi connectivity index (χ3v) is 6.05. The molecule has 2 aromatic rings. The van der Waals surface area contributed by atoms with Gasteiger partial charge in [0.2, 0.25) is 5.43 Å². The third-order valence-electron chi connectivity index (χ3n) is 6.05. The number of hydrogen-bond acceptors (Lipinski definition) is 5. The van der Waals surface area contributed by atoms with Gasteiger partial charge in [-0.15, -0.1) is 0 Å². The van der Waals surface area contributed by atoms with Gasteiger partial charge in [-0.05, 0) is 31.5 Å². The van der Waals surface area contributed by atoms with Crippen LogP contribution in [0.15, 0.2) is 23.1 Å². The van der Waals surface area contributed by atoms with E-state index < -0.39 is 34.3 Å². The van der Waals surface area contributed by atoms with Crippen molar-refractivity contribution in [3.63, 3.8) is 0 Å². The molecule has 1 aromatic heterocycles. The second-order valence-corrected chi connectivity index (χ2v) is 7.63. The number of rotatable bonds is 5. The fourth-order valence-corrected chi connectivity index (χ4v) is 4.06. The van der Waals surface area contributed by atoms with Gasteiger partial charge in [-0.25, -0.2) is 14.0 Å². The van der Waals surface area contributed by atoms with Crippen LogP contribution < -0.4 is 10.3 Å². The molecule has 4 rings (SSSR count). The Hall–Kier alpha value is -2.94. The minimum Gasteiger partial charge on any atom is -0.479 e. The van der Waals surface area contributed by atoms with Crippen LogP contribution in [-0.2, 0) is 10.3 Å². The van der Waals surface area contributed by atoms with Crippen LogP contribution in [0.4, 0.5) is 10.1 Å². The van der Waals surface area contributed by atoms with Gasteiger partial charge in [0, 0.05) is 37.8 Å². The molecule has 0 bridgehead atoms. The molecule has 0 radical (unpaired) electrons. The number of piperazine rings is 1. The predicted molar refractivity (Wildman–Crippen MR) is 104 cm³/mol. The number of aromatic carboxylic acids is 1. The van der Waals surface area contributed by atoms with E-state index in [0.29, 0.717) is 31.6 Å². The number of likely N-dealkylation sites (N-methyl/N-ethyl adjacent to an activating group) is 1. The predicted octanol–water partition coefficient (Wildman–Crippen LogP) is 1.55. The van der Waals surface area contributed by atoms with Crippen molar-refractivity contribution >= 4 is 28.5 Å². The van der Waals surface area contributed by atoms with Crippen molar-refractivity contribution in [2.24, 2.45) is 0 Å². The fraction of sp³-hybridized carbons (Fsp3) is 0.450. The van der Waals surface area contributed by atoms with Crippen molar-refractivity contribution in [3.8, 4) is 0 Å². The molecule has 1 aromatic carbocycles. The average molecular weight is 403 g/mol. The molecule has 2 N–H and O–H groups in total. The molecule has 0 atom stereocenters. The molecule has 1 saturated heterocycles. The van der Waals surface area contributed by atoms with Crippen LogP contribution in [-0.4, -0.2) is 64.3 Å². The highest BCUT2D eigenvalue weighted by molar-refractivity contribution is 5.95. The minimum absolute atomic E-state index is 0.120. The number of fused-ring (bicyclic) bond motifs is 1. The van der Waals surface area contributed by atoms with Crippen LogP contribution >= 0.6 is 0 Å². The van der Waals surface area contributed by atoms with Gasteiger partial charge in [0.05, 0.1) is 11.2 Å². The number of aromatic nitrogens is 1. The zero-order chi connectivity index (χ0) is 20.9. The maximum Gasteiger partial charge on any atom is 0.341 e. The number of anilines is 1. The monoisotopic (exact) mass is 403 g/mol. The molecule has 0 unspecified atom stereocenters. The minimum atomic E-state index is -1.47. The summed E-state index contributed by atoms with van der Waals surface area (Å²) in [5.74, 6) is -3.18. The topological polar surface area (TPSA) is 103 Å². The van der Waals surface area contributed by atoms with Crippen molar-refractivity contribution in [1.29, 1.82) is 0 Å². The maximum absolute atomic E-state index is 14.9. The summed E-state index contributed by atoms with van der Waals surface area (Å²) in [6, 6.07) is 2.53. The smallest absolute Gasteiger partial charge is 0.341 e. The maximum atomic E-state index is 14.9. The van der Waals surface area contributed by atoms with Gasteiger partial charge in [0.15, 0.2) is 0 Å². The Bertz CT molecular complexity index is 1070. The Labute approximate surface area is 165 Å². The molecule has 29 heavy (non-hydrogen) atoms. The van der Waals surface area contributed by atoms with Crippen molar-refractivity contribution in [2.45, 2.75) is 25.3 Å². The molecule has 2 heterocycles. The van der Waals surface area contributed by atoms with E-state index in [1.54, 1.807) is 0 Å². The fourth-order valence-electron chi connectivity index (χ4n) is 4.06. The van der Waals surface area contributed by atoms with E-state index in [9.17, 15) is 29.0 Å². The molecule has 154 valence electrons. The second kappa shape index (κ2) is 6.84. The van der Waals surface area contributed by atoms with Crippen LogP contribution in [0.5, 0.6) is 0 Å². The highest BCUT2D eigenvalue weighted by atomic mass is 19.1. The number of pyridine rings is 1. The number of aliphatic carboxylic acids is 1. The summed E-state index contributed by atoms with van der Waals surface area (Å²) in [4.78, 5) is 40.2. The zero-order valence-electron chi connectivity index (χ0n) is 16.0. The lowest BCUT2D eigenvalue weighted by Gasteiger charge is -2.36. The van der Waals surface area contributed by atoms with Gasteiger partial charge in [-0.2, -0.15) is 0 Å². The number of hydrogen-bond donors (Lipinski definition) is 2. The molecule has 2 aliphatic rings. The standard InChI is InChI=1S/C20H22FN3O5/c1-2-22-5-7-23(8-6-22)16-10-15-12(9-14(16)21)17(25)13(18(26)27)11-24(15)20(3-4-20)19(28)29/h9-11H,2-8H2,1H3,(H,26,27)(H,28,29). The molecule has 9 heteroatoms. The first-order valence-corrected chi connectivity index (χ1v) is 9.62. The summed E-state index contributed by atoms with van der Waals surface area (Å²) in [6.45, 7) is 5.74. The van der Waals surface area contributed by atoms with Gasteiger partial charge in [-0.1, -0.05) is 6.92 Å². The first-order valence-electron chi connectivity index (χ1n) is 9.62. The number of carboxylic acids is 2. The van der Waals surface area contributed by atoms with Crippen LogP contribution in [0.25, 0.3) is 10.9 Å². The lowest BCUT2D eigenvalue weighted by Crippen LogP contribution is -2.46. The second-order valence-electron chi connectivity index (χ2n) is 7.63. The lowest BCUT2D eigenvalue weighted by atomic mass is 10.1. The first-order chi connectivity index (χ1) is 13.8. The Morgan fingerprint density at radius 2 is 1.79 bits per heavy atom. The third kappa shape index (κ3) is 3.05. The normalized spacial score (nSPS) is 18.8. The largest absolute Gasteiger partial charge is 0.479 e. The molecular weight excluding hydrogens is 381 g/mol. The Morgan fingerprint density at radius 1 is 1.14 bits per heavy atom. The van der Waals surface area contributed by atoms with Crippen LogP contribution in [0, 0.1) is 5.82 Å². The number of benzene rings is 1. The molecular formula is C20H22FN3O5. The van der Waals surface area contributed by atoms with E-state index >= 15 is 0 Å². The highest BCUT2D eigenvalue weighted by Crippen LogP contribution is 2.45. The van der Waals surface area contributed by atoms with Gasteiger partial charge >= 0.3 is 11.9 Å². The summed E-state index contributed by atoms with van der Waals surface area (Å²) >= 11 is 0. The van der Waals surface area contributed by atoms with Crippen molar-refractivity contribution < 1.29 is 24.2 Å². The Balaban J connectivity index is 1.91. The highest BCUT2D eigenvalue weighted by Gasteiger charge is 2.52. The zero-order valence-corrected chi connectivity index (χ0v) is 16.0. The van der Waals surface area contributed by atoms with E-state index in [0.717, 1.165) is 31.9 Å². The molecule has 1 saturated carbocycles. The summed E-state index contributed by atoms with van der Waals surface area (Å²) in [5.41, 5.74) is -2.13. The quantitative estimate of drug-likeness (QED) is 0.781. The van der Waals surface area contributed by atoms with Crippen molar-refractivity contribution in [3.05, 3.63) is 39.9 Å². The van der Waals surface area contributed by atoms with E-state index in [-0.39, 0.29) is 10.9 Å².